The second-order valence-electron chi connectivity index (χ2n) is 7.25. The maximum absolute atomic E-state index is 12.5. The Hall–Kier alpha value is -0.330. The highest BCUT2D eigenvalue weighted by molar-refractivity contribution is 5.78. The number of carbonyl (C=O) groups is 1. The summed E-state index contributed by atoms with van der Waals surface area (Å²) in [4.78, 5) is 12.5. The molecule has 1 heteroatoms. The third-order valence-corrected chi connectivity index (χ3v) is 4.90. The lowest BCUT2D eigenvalue weighted by atomic mass is 9.86. The van der Waals surface area contributed by atoms with Crippen LogP contribution < -0.4 is 0 Å². The average Bonchev–Trinajstić information content (AvgIpc) is 2.52. The smallest absolute Gasteiger partial charge is 0.133 e. The van der Waals surface area contributed by atoms with Crippen molar-refractivity contribution in [3.63, 3.8) is 0 Å². The maximum atomic E-state index is 12.5. The molecule has 0 aromatic carbocycles. The van der Waals surface area contributed by atoms with Crippen LogP contribution in [-0.2, 0) is 4.79 Å². The van der Waals surface area contributed by atoms with Crippen LogP contribution >= 0.6 is 0 Å². The molecular weight excluding hydrogens is 268 g/mol. The molecule has 0 saturated carbocycles. The summed E-state index contributed by atoms with van der Waals surface area (Å²) in [5.74, 6) is 1.87. The number of Topliss-reactive ketones (excluding diaryl/α,β-unsaturated/α-hetero) is 1. The minimum Gasteiger partial charge on any atom is -0.300 e. The van der Waals surface area contributed by atoms with Gasteiger partial charge in [-0.15, -0.1) is 0 Å². The quantitative estimate of drug-likeness (QED) is 0.291. The fourth-order valence-corrected chi connectivity index (χ4v) is 3.40. The highest BCUT2D eigenvalue weighted by atomic mass is 16.1. The van der Waals surface area contributed by atoms with Crippen LogP contribution in [0.1, 0.15) is 118 Å². The van der Waals surface area contributed by atoms with Crippen LogP contribution in [0.3, 0.4) is 0 Å². The van der Waals surface area contributed by atoms with Gasteiger partial charge in [0.1, 0.15) is 5.78 Å². The van der Waals surface area contributed by atoms with E-state index in [2.05, 4.69) is 27.7 Å². The highest BCUT2D eigenvalue weighted by Crippen LogP contribution is 2.25. The summed E-state index contributed by atoms with van der Waals surface area (Å²) in [6, 6.07) is 0. The zero-order valence-electron chi connectivity index (χ0n) is 16.0. The predicted octanol–water partition coefficient (Wildman–Crippen LogP) is 7.33. The molecule has 22 heavy (non-hydrogen) atoms. The van der Waals surface area contributed by atoms with Crippen molar-refractivity contribution in [3.8, 4) is 0 Å². The molecule has 0 aliphatic carbocycles. The van der Waals surface area contributed by atoms with Crippen LogP contribution in [0.15, 0.2) is 0 Å². The summed E-state index contributed by atoms with van der Waals surface area (Å²) in [5, 5.41) is 0. The number of carbonyl (C=O) groups excluding carboxylic acids is 1. The summed E-state index contributed by atoms with van der Waals surface area (Å²) >= 11 is 0. The maximum Gasteiger partial charge on any atom is 0.133 e. The van der Waals surface area contributed by atoms with Crippen LogP contribution in [0.5, 0.6) is 0 Å². The van der Waals surface area contributed by atoms with Gasteiger partial charge in [-0.3, -0.25) is 4.79 Å². The van der Waals surface area contributed by atoms with Gasteiger partial charge < -0.3 is 0 Å². The molecule has 0 unspecified atom stereocenters. The Morgan fingerprint density at radius 3 is 1.09 bits per heavy atom. The Morgan fingerprint density at radius 2 is 0.864 bits per heavy atom. The molecule has 0 saturated heterocycles. The fraction of sp³-hybridized carbons (Fsp3) is 0.952. The van der Waals surface area contributed by atoms with Gasteiger partial charge in [0.25, 0.3) is 0 Å². The molecule has 0 rings (SSSR count). The first kappa shape index (κ1) is 21.7. The first-order valence-electron chi connectivity index (χ1n) is 10.2. The van der Waals surface area contributed by atoms with Crippen LogP contribution in [0.4, 0.5) is 0 Å². The number of ketones is 1. The Bertz CT molecular complexity index is 206. The fourth-order valence-electron chi connectivity index (χ4n) is 3.40. The van der Waals surface area contributed by atoms with E-state index in [-0.39, 0.29) is 0 Å². The largest absolute Gasteiger partial charge is 0.300 e. The Labute approximate surface area is 140 Å². The van der Waals surface area contributed by atoms with E-state index in [1.807, 2.05) is 0 Å². The van der Waals surface area contributed by atoms with Gasteiger partial charge in [0.15, 0.2) is 0 Å². The van der Waals surface area contributed by atoms with E-state index >= 15 is 0 Å². The van der Waals surface area contributed by atoms with E-state index in [0.717, 1.165) is 12.8 Å². The second-order valence-corrected chi connectivity index (χ2v) is 7.25. The zero-order chi connectivity index (χ0) is 16.6. The van der Waals surface area contributed by atoms with Gasteiger partial charge in [0, 0.05) is 12.8 Å². The molecule has 0 amide bonds. The third kappa shape index (κ3) is 12.2. The Balaban J connectivity index is 4.27. The number of unbranched alkanes of at least 4 members (excludes halogenated alkanes) is 4. The van der Waals surface area contributed by atoms with Crippen LogP contribution in [0.2, 0.25) is 0 Å². The molecule has 0 atom stereocenters. The van der Waals surface area contributed by atoms with Crippen molar-refractivity contribution in [2.45, 2.75) is 118 Å². The van der Waals surface area contributed by atoms with Crippen molar-refractivity contribution in [2.24, 2.45) is 11.8 Å². The molecular formula is C21H42O. The summed E-state index contributed by atoms with van der Waals surface area (Å²) in [5.41, 5.74) is 0. The minimum absolute atomic E-state index is 0.550. The molecule has 0 aromatic heterocycles. The molecule has 0 bridgehead atoms. The molecule has 0 aromatic rings. The van der Waals surface area contributed by atoms with Crippen molar-refractivity contribution in [1.82, 2.24) is 0 Å². The Morgan fingerprint density at radius 1 is 0.591 bits per heavy atom. The number of hydrogen-bond donors (Lipinski definition) is 0. The zero-order valence-corrected chi connectivity index (χ0v) is 16.0. The SMILES string of the molecule is CCCCC(CCCC)CC(=O)CC(CCCC)CCCC. The summed E-state index contributed by atoms with van der Waals surface area (Å²) in [6.07, 6.45) is 16.9. The lowest BCUT2D eigenvalue weighted by molar-refractivity contribution is -0.121. The molecule has 0 aliphatic rings. The topological polar surface area (TPSA) is 17.1 Å². The van der Waals surface area contributed by atoms with Crippen molar-refractivity contribution >= 4 is 5.78 Å². The van der Waals surface area contributed by atoms with Crippen LogP contribution in [0, 0.1) is 11.8 Å². The van der Waals surface area contributed by atoms with Gasteiger partial charge in [-0.1, -0.05) is 105 Å². The van der Waals surface area contributed by atoms with Crippen molar-refractivity contribution < 1.29 is 4.79 Å². The molecule has 132 valence electrons. The molecule has 0 fully saturated rings. The van der Waals surface area contributed by atoms with Crippen molar-refractivity contribution in [2.75, 3.05) is 0 Å². The monoisotopic (exact) mass is 310 g/mol. The van der Waals surface area contributed by atoms with E-state index in [1.54, 1.807) is 0 Å². The third-order valence-electron chi connectivity index (χ3n) is 4.90. The van der Waals surface area contributed by atoms with E-state index in [9.17, 15) is 4.79 Å². The predicted molar refractivity (Wildman–Crippen MR) is 99.3 cm³/mol. The molecule has 0 spiro atoms. The normalized spacial score (nSPS) is 11.5. The van der Waals surface area contributed by atoms with Crippen molar-refractivity contribution in [1.29, 1.82) is 0 Å². The van der Waals surface area contributed by atoms with Gasteiger partial charge >= 0.3 is 0 Å². The van der Waals surface area contributed by atoms with Gasteiger partial charge in [-0.2, -0.15) is 0 Å². The highest BCUT2D eigenvalue weighted by Gasteiger charge is 2.17. The van der Waals surface area contributed by atoms with E-state index in [4.69, 9.17) is 0 Å². The molecule has 0 heterocycles. The van der Waals surface area contributed by atoms with E-state index in [1.165, 1.54) is 77.0 Å². The van der Waals surface area contributed by atoms with Gasteiger partial charge in [-0.25, -0.2) is 0 Å². The van der Waals surface area contributed by atoms with Crippen molar-refractivity contribution in [3.05, 3.63) is 0 Å². The molecule has 0 aliphatic heterocycles. The first-order chi connectivity index (χ1) is 10.7. The number of hydrogen-bond acceptors (Lipinski definition) is 1. The van der Waals surface area contributed by atoms with Gasteiger partial charge in [0.05, 0.1) is 0 Å². The minimum atomic E-state index is 0.550. The molecule has 0 N–H and O–H groups in total. The average molecular weight is 311 g/mol. The lowest BCUT2D eigenvalue weighted by Gasteiger charge is -2.19. The van der Waals surface area contributed by atoms with Crippen LogP contribution in [0.25, 0.3) is 0 Å². The summed E-state index contributed by atoms with van der Waals surface area (Å²) in [7, 11) is 0. The second kappa shape index (κ2) is 15.6. The van der Waals surface area contributed by atoms with Gasteiger partial charge in [0.2, 0.25) is 0 Å². The first-order valence-corrected chi connectivity index (χ1v) is 10.2. The van der Waals surface area contributed by atoms with Gasteiger partial charge in [-0.05, 0) is 11.8 Å². The molecule has 1 nitrogen and oxygen atoms in total. The molecule has 0 radical (unpaired) electrons. The summed E-state index contributed by atoms with van der Waals surface area (Å²) in [6.45, 7) is 9.02. The van der Waals surface area contributed by atoms with Crippen LogP contribution in [-0.4, -0.2) is 5.78 Å². The summed E-state index contributed by atoms with van der Waals surface area (Å²) < 4.78 is 0. The van der Waals surface area contributed by atoms with E-state index < -0.39 is 0 Å². The lowest BCUT2D eigenvalue weighted by Crippen LogP contribution is -2.14. The standard InChI is InChI=1S/C21H42O/c1-5-9-13-19(14-10-6-2)17-21(22)18-20(15-11-7-3)16-12-8-4/h19-20H,5-18H2,1-4H3. The Kier molecular flexibility index (Phi) is 15.3. The van der Waals surface area contributed by atoms with E-state index in [0.29, 0.717) is 17.6 Å². The number of rotatable bonds is 16.